The van der Waals surface area contributed by atoms with Crippen LogP contribution in [0.2, 0.25) is 0 Å². The van der Waals surface area contributed by atoms with Crippen molar-refractivity contribution in [3.8, 4) is 5.75 Å². The minimum absolute atomic E-state index is 0.164. The van der Waals surface area contributed by atoms with Gasteiger partial charge in [0.1, 0.15) is 11.4 Å². The van der Waals surface area contributed by atoms with E-state index < -0.39 is 6.10 Å². The summed E-state index contributed by atoms with van der Waals surface area (Å²) in [4.78, 5) is 15.2. The number of H-pyrrole nitrogens is 1. The summed E-state index contributed by atoms with van der Waals surface area (Å²) < 4.78 is 5.45. The van der Waals surface area contributed by atoms with Gasteiger partial charge in [-0.25, -0.2) is 0 Å². The van der Waals surface area contributed by atoms with Crippen LogP contribution in [0, 0.1) is 5.92 Å². The van der Waals surface area contributed by atoms with Crippen LogP contribution in [0.5, 0.6) is 5.75 Å². The van der Waals surface area contributed by atoms with Gasteiger partial charge < -0.3 is 20.1 Å². The van der Waals surface area contributed by atoms with E-state index in [1.807, 2.05) is 39.0 Å². The monoisotopic (exact) mass is 304 g/mol. The molecule has 2 aromatic rings. The Labute approximate surface area is 130 Å². The maximum Gasteiger partial charge on any atom is 0.267 e. The van der Waals surface area contributed by atoms with Gasteiger partial charge in [-0.2, -0.15) is 0 Å². The summed E-state index contributed by atoms with van der Waals surface area (Å²) in [5.41, 5.74) is 1.35. The van der Waals surface area contributed by atoms with Gasteiger partial charge in [-0.3, -0.25) is 4.79 Å². The first-order chi connectivity index (χ1) is 10.5. The molecule has 1 amide bonds. The quantitative estimate of drug-likeness (QED) is 0.736. The van der Waals surface area contributed by atoms with Crippen molar-refractivity contribution in [3.63, 3.8) is 0 Å². The fourth-order valence-electron chi connectivity index (χ4n) is 2.25. The Morgan fingerprint density at radius 1 is 1.36 bits per heavy atom. The Balaban J connectivity index is 2.05. The van der Waals surface area contributed by atoms with Crippen LogP contribution in [-0.4, -0.2) is 35.3 Å². The number of aromatic amines is 1. The number of benzene rings is 1. The van der Waals surface area contributed by atoms with Gasteiger partial charge in [-0.1, -0.05) is 20.3 Å². The largest absolute Gasteiger partial charge is 0.494 e. The fourth-order valence-corrected chi connectivity index (χ4v) is 2.25. The standard InChI is InChI=1S/C17H24N2O3/c1-4-11(3)16(20)10-18-17(21)15-8-12-6-7-13(22-5-2)9-14(12)19-15/h6-9,11,16,19-20H,4-5,10H2,1-3H3,(H,18,21). The number of hydrogen-bond donors (Lipinski definition) is 3. The minimum atomic E-state index is -0.525. The predicted octanol–water partition coefficient (Wildman–Crippen LogP) is 2.70. The number of nitrogens with one attached hydrogen (secondary N) is 2. The van der Waals surface area contributed by atoms with E-state index in [0.29, 0.717) is 12.3 Å². The van der Waals surface area contributed by atoms with Crippen LogP contribution >= 0.6 is 0 Å². The van der Waals surface area contributed by atoms with Crippen LogP contribution < -0.4 is 10.1 Å². The maximum atomic E-state index is 12.2. The highest BCUT2D eigenvalue weighted by Crippen LogP contribution is 2.21. The SMILES string of the molecule is CCOc1ccc2cc(C(=O)NCC(O)C(C)CC)[nH]c2c1. The number of aliphatic hydroxyl groups is 1. The molecule has 1 aromatic heterocycles. The number of fused-ring (bicyclic) bond motifs is 1. The zero-order valence-electron chi connectivity index (χ0n) is 13.3. The van der Waals surface area contributed by atoms with E-state index >= 15 is 0 Å². The highest BCUT2D eigenvalue weighted by Gasteiger charge is 2.15. The van der Waals surface area contributed by atoms with Gasteiger partial charge in [0.15, 0.2) is 0 Å². The van der Waals surface area contributed by atoms with E-state index in [-0.39, 0.29) is 18.4 Å². The number of hydrogen-bond acceptors (Lipinski definition) is 3. The lowest BCUT2D eigenvalue weighted by Gasteiger charge is -2.17. The molecule has 1 heterocycles. The van der Waals surface area contributed by atoms with Crippen molar-refractivity contribution in [3.05, 3.63) is 30.0 Å². The molecule has 0 saturated carbocycles. The molecule has 2 rings (SSSR count). The summed E-state index contributed by atoms with van der Waals surface area (Å²) in [5.74, 6) is 0.726. The Morgan fingerprint density at radius 3 is 2.82 bits per heavy atom. The van der Waals surface area contributed by atoms with Crippen molar-refractivity contribution in [2.45, 2.75) is 33.3 Å². The van der Waals surface area contributed by atoms with E-state index in [4.69, 9.17) is 4.74 Å². The maximum absolute atomic E-state index is 12.2. The molecule has 0 spiro atoms. The summed E-state index contributed by atoms with van der Waals surface area (Å²) in [5, 5.41) is 13.6. The van der Waals surface area contributed by atoms with Crippen LogP contribution in [0.1, 0.15) is 37.7 Å². The summed E-state index contributed by atoms with van der Waals surface area (Å²) in [6.45, 7) is 6.78. The van der Waals surface area contributed by atoms with Crippen LogP contribution in [0.15, 0.2) is 24.3 Å². The lowest BCUT2D eigenvalue weighted by molar-refractivity contribution is 0.0846. The second-order valence-electron chi connectivity index (χ2n) is 5.53. The average Bonchev–Trinajstić information content (AvgIpc) is 2.95. The lowest BCUT2D eigenvalue weighted by atomic mass is 10.0. The van der Waals surface area contributed by atoms with Crippen LogP contribution in [0.3, 0.4) is 0 Å². The van der Waals surface area contributed by atoms with E-state index in [9.17, 15) is 9.90 Å². The average molecular weight is 304 g/mol. The summed E-state index contributed by atoms with van der Waals surface area (Å²) >= 11 is 0. The van der Waals surface area contributed by atoms with Crippen molar-refractivity contribution in [2.75, 3.05) is 13.2 Å². The van der Waals surface area contributed by atoms with Crippen molar-refractivity contribution in [2.24, 2.45) is 5.92 Å². The minimum Gasteiger partial charge on any atom is -0.494 e. The molecule has 0 aliphatic rings. The molecule has 0 aliphatic carbocycles. The van der Waals surface area contributed by atoms with Crippen molar-refractivity contribution in [1.29, 1.82) is 0 Å². The van der Waals surface area contributed by atoms with E-state index in [1.165, 1.54) is 0 Å². The molecule has 5 nitrogen and oxygen atoms in total. The Bertz CT molecular complexity index is 636. The molecule has 1 aromatic carbocycles. The Kier molecular flexibility index (Phi) is 5.44. The number of rotatable bonds is 7. The van der Waals surface area contributed by atoms with Crippen molar-refractivity contribution in [1.82, 2.24) is 10.3 Å². The Morgan fingerprint density at radius 2 is 2.14 bits per heavy atom. The normalized spacial score (nSPS) is 13.8. The first kappa shape index (κ1) is 16.4. The number of aromatic nitrogens is 1. The molecule has 0 fully saturated rings. The fraction of sp³-hybridized carbons (Fsp3) is 0.471. The molecule has 0 bridgehead atoms. The van der Waals surface area contributed by atoms with Crippen molar-refractivity contribution >= 4 is 16.8 Å². The van der Waals surface area contributed by atoms with Gasteiger partial charge in [0.2, 0.25) is 0 Å². The summed E-state index contributed by atoms with van der Waals surface area (Å²) in [6, 6.07) is 7.48. The third-order valence-electron chi connectivity index (χ3n) is 3.92. The third kappa shape index (κ3) is 3.80. The zero-order chi connectivity index (χ0) is 16.1. The van der Waals surface area contributed by atoms with Gasteiger partial charge in [0.25, 0.3) is 5.91 Å². The number of carbonyl (C=O) groups excluding carboxylic acids is 1. The highest BCUT2D eigenvalue weighted by atomic mass is 16.5. The van der Waals surface area contributed by atoms with E-state index in [0.717, 1.165) is 23.1 Å². The summed E-state index contributed by atoms with van der Waals surface area (Å²) in [6.07, 6.45) is 0.353. The van der Waals surface area contributed by atoms with Gasteiger partial charge in [-0.05, 0) is 31.0 Å². The molecule has 0 saturated heterocycles. The van der Waals surface area contributed by atoms with Gasteiger partial charge in [0.05, 0.1) is 12.7 Å². The van der Waals surface area contributed by atoms with Gasteiger partial charge in [-0.15, -0.1) is 0 Å². The first-order valence-corrected chi connectivity index (χ1v) is 7.77. The van der Waals surface area contributed by atoms with Crippen LogP contribution in [0.4, 0.5) is 0 Å². The molecule has 2 atom stereocenters. The van der Waals surface area contributed by atoms with Gasteiger partial charge >= 0.3 is 0 Å². The van der Waals surface area contributed by atoms with E-state index in [1.54, 1.807) is 6.07 Å². The molecule has 3 N–H and O–H groups in total. The number of carbonyl (C=O) groups is 1. The summed E-state index contributed by atoms with van der Waals surface area (Å²) in [7, 11) is 0. The Hall–Kier alpha value is -2.01. The molecular weight excluding hydrogens is 280 g/mol. The van der Waals surface area contributed by atoms with Crippen LogP contribution in [-0.2, 0) is 0 Å². The number of ether oxygens (including phenoxy) is 1. The molecule has 0 aliphatic heterocycles. The molecule has 2 unspecified atom stereocenters. The molecule has 120 valence electrons. The second kappa shape index (κ2) is 7.31. The highest BCUT2D eigenvalue weighted by molar-refractivity contribution is 5.98. The molecule has 5 heteroatoms. The van der Waals surface area contributed by atoms with Crippen molar-refractivity contribution < 1.29 is 14.6 Å². The topological polar surface area (TPSA) is 74.3 Å². The predicted molar refractivity (Wildman–Crippen MR) is 87.3 cm³/mol. The van der Waals surface area contributed by atoms with Gasteiger partial charge in [0, 0.05) is 23.5 Å². The number of aliphatic hydroxyl groups excluding tert-OH is 1. The lowest BCUT2D eigenvalue weighted by Crippen LogP contribution is -2.35. The molecule has 22 heavy (non-hydrogen) atoms. The van der Waals surface area contributed by atoms with Crippen LogP contribution in [0.25, 0.3) is 10.9 Å². The number of amides is 1. The molecular formula is C17H24N2O3. The first-order valence-electron chi connectivity index (χ1n) is 7.77. The zero-order valence-corrected chi connectivity index (χ0v) is 13.3. The molecule has 0 radical (unpaired) electrons. The third-order valence-corrected chi connectivity index (χ3v) is 3.92. The van der Waals surface area contributed by atoms with E-state index in [2.05, 4.69) is 10.3 Å². The smallest absolute Gasteiger partial charge is 0.267 e. The second-order valence-corrected chi connectivity index (χ2v) is 5.53.